The lowest BCUT2D eigenvalue weighted by molar-refractivity contribution is -0.133. The molecule has 0 saturated carbocycles. The summed E-state index contributed by atoms with van der Waals surface area (Å²) in [5, 5.41) is 4.39. The van der Waals surface area contributed by atoms with E-state index < -0.39 is 0 Å². The van der Waals surface area contributed by atoms with Crippen LogP contribution >= 0.6 is 0 Å². The number of amides is 1. The fraction of sp³-hybridized carbons (Fsp3) is 0.423. The average molecular weight is 432 g/mol. The van der Waals surface area contributed by atoms with Gasteiger partial charge >= 0.3 is 0 Å². The highest BCUT2D eigenvalue weighted by Crippen LogP contribution is 2.22. The fourth-order valence-corrected chi connectivity index (χ4v) is 4.42. The van der Waals surface area contributed by atoms with Gasteiger partial charge in [0, 0.05) is 38.2 Å². The molecule has 1 aliphatic rings. The predicted molar refractivity (Wildman–Crippen MR) is 126 cm³/mol. The number of nitrogens with zero attached hydrogens (tertiary/aromatic N) is 5. The summed E-state index contributed by atoms with van der Waals surface area (Å²) in [4.78, 5) is 21.9. The molecule has 0 atom stereocenters. The molecule has 32 heavy (non-hydrogen) atoms. The van der Waals surface area contributed by atoms with Crippen LogP contribution in [0.5, 0.6) is 0 Å². The summed E-state index contributed by atoms with van der Waals surface area (Å²) in [5.41, 5.74) is 4.76. The first-order chi connectivity index (χ1) is 15.6. The van der Waals surface area contributed by atoms with Gasteiger partial charge in [-0.05, 0) is 74.5 Å². The summed E-state index contributed by atoms with van der Waals surface area (Å²) in [6.45, 7) is 8.95. The van der Waals surface area contributed by atoms with E-state index >= 15 is 0 Å². The molecule has 0 radical (unpaired) electrons. The highest BCUT2D eigenvalue weighted by Gasteiger charge is 2.24. The summed E-state index contributed by atoms with van der Waals surface area (Å²) in [5.74, 6) is 0.627. The van der Waals surface area contributed by atoms with Gasteiger partial charge < -0.3 is 4.90 Å². The Balaban J connectivity index is 1.36. The number of likely N-dealkylation sites (tertiary alicyclic amines) is 1. The number of hydrogen-bond acceptors (Lipinski definition) is 4. The van der Waals surface area contributed by atoms with E-state index in [2.05, 4.69) is 46.2 Å². The molecular formula is C26H33N5O. The van der Waals surface area contributed by atoms with E-state index in [0.717, 1.165) is 50.3 Å². The van der Waals surface area contributed by atoms with Crippen LogP contribution in [-0.2, 0) is 24.4 Å². The van der Waals surface area contributed by atoms with Crippen molar-refractivity contribution in [2.24, 2.45) is 5.92 Å². The predicted octanol–water partition coefficient (Wildman–Crippen LogP) is 3.84. The van der Waals surface area contributed by atoms with Crippen LogP contribution in [0.15, 0.2) is 61.1 Å². The van der Waals surface area contributed by atoms with Crippen molar-refractivity contribution in [2.75, 3.05) is 19.6 Å². The maximum atomic E-state index is 13.2. The molecule has 0 bridgehead atoms. The minimum atomic E-state index is 0.110. The van der Waals surface area contributed by atoms with E-state index in [1.165, 1.54) is 11.1 Å². The van der Waals surface area contributed by atoms with Gasteiger partial charge in [0.05, 0.1) is 5.69 Å². The number of rotatable bonds is 8. The third-order valence-corrected chi connectivity index (χ3v) is 6.36. The molecule has 1 aromatic carbocycles. The highest BCUT2D eigenvalue weighted by atomic mass is 16.2. The average Bonchev–Trinajstić information content (AvgIpc) is 3.21. The maximum Gasteiger partial charge on any atom is 0.244 e. The zero-order valence-electron chi connectivity index (χ0n) is 19.2. The summed E-state index contributed by atoms with van der Waals surface area (Å²) in [6, 6.07) is 14.5. The normalized spacial score (nSPS) is 15.1. The molecule has 0 aliphatic carbocycles. The molecule has 0 N–H and O–H groups in total. The van der Waals surface area contributed by atoms with Gasteiger partial charge in [-0.25, -0.2) is 0 Å². The minimum Gasteiger partial charge on any atom is -0.336 e. The molecule has 1 aliphatic heterocycles. The van der Waals surface area contributed by atoms with Crippen LogP contribution in [-0.4, -0.2) is 50.1 Å². The number of carbonyl (C=O) groups excluding carboxylic acids is 1. The Kier molecular flexibility index (Phi) is 7.32. The van der Waals surface area contributed by atoms with Crippen LogP contribution < -0.4 is 0 Å². The Morgan fingerprint density at radius 2 is 1.91 bits per heavy atom. The maximum absolute atomic E-state index is 13.2. The van der Waals surface area contributed by atoms with Crippen LogP contribution in [0.3, 0.4) is 0 Å². The van der Waals surface area contributed by atoms with E-state index in [4.69, 9.17) is 0 Å². The third kappa shape index (κ3) is 6.04. The van der Waals surface area contributed by atoms with Gasteiger partial charge in [0.2, 0.25) is 5.91 Å². The zero-order chi connectivity index (χ0) is 22.3. The summed E-state index contributed by atoms with van der Waals surface area (Å²) >= 11 is 0. The molecule has 1 fully saturated rings. The Morgan fingerprint density at radius 3 is 2.59 bits per heavy atom. The lowest BCUT2D eigenvalue weighted by Gasteiger charge is -2.35. The SMILES string of the molecule is Cc1ccn(CC(=O)N(Cc2cccnc2)CC2CCN(Cc3ccccc3C)CC2)n1. The van der Waals surface area contributed by atoms with Crippen molar-refractivity contribution >= 4 is 5.91 Å². The van der Waals surface area contributed by atoms with E-state index in [9.17, 15) is 4.79 Å². The first-order valence-corrected chi connectivity index (χ1v) is 11.5. The van der Waals surface area contributed by atoms with E-state index in [0.29, 0.717) is 12.5 Å². The number of pyridine rings is 1. The second kappa shape index (κ2) is 10.6. The molecular weight excluding hydrogens is 398 g/mol. The Bertz CT molecular complexity index is 1010. The fourth-order valence-electron chi connectivity index (χ4n) is 4.42. The van der Waals surface area contributed by atoms with E-state index in [1.54, 1.807) is 10.9 Å². The molecule has 0 unspecified atom stereocenters. The number of aromatic nitrogens is 3. The summed E-state index contributed by atoms with van der Waals surface area (Å²) in [7, 11) is 0. The minimum absolute atomic E-state index is 0.110. The monoisotopic (exact) mass is 431 g/mol. The van der Waals surface area contributed by atoms with Crippen molar-refractivity contribution < 1.29 is 4.79 Å². The molecule has 3 aromatic rings. The van der Waals surface area contributed by atoms with Gasteiger partial charge in [0.1, 0.15) is 6.54 Å². The van der Waals surface area contributed by atoms with Crippen LogP contribution in [0.4, 0.5) is 0 Å². The lowest BCUT2D eigenvalue weighted by atomic mass is 9.95. The first kappa shape index (κ1) is 22.2. The van der Waals surface area contributed by atoms with Crippen LogP contribution in [0, 0.1) is 19.8 Å². The molecule has 3 heterocycles. The van der Waals surface area contributed by atoms with Crippen LogP contribution in [0.1, 0.15) is 35.2 Å². The van der Waals surface area contributed by atoms with E-state index in [1.807, 2.05) is 42.4 Å². The van der Waals surface area contributed by atoms with Gasteiger partial charge in [0.25, 0.3) is 0 Å². The van der Waals surface area contributed by atoms with Crippen molar-refractivity contribution in [3.05, 3.63) is 83.4 Å². The standard InChI is InChI=1S/C26H33N5O/c1-21-6-3-4-8-25(21)19-29-13-10-23(11-14-29)17-30(18-24-7-5-12-27-16-24)26(32)20-31-15-9-22(2)28-31/h3-9,12,15-16,23H,10-11,13-14,17-20H2,1-2H3. The Hall–Kier alpha value is -2.99. The second-order valence-electron chi connectivity index (χ2n) is 8.94. The van der Waals surface area contributed by atoms with E-state index in [-0.39, 0.29) is 12.5 Å². The highest BCUT2D eigenvalue weighted by molar-refractivity contribution is 5.76. The van der Waals surface area contributed by atoms with Gasteiger partial charge in [-0.3, -0.25) is 19.4 Å². The quantitative estimate of drug-likeness (QED) is 0.544. The van der Waals surface area contributed by atoms with Gasteiger partial charge in [0.15, 0.2) is 0 Å². The number of piperidine rings is 1. The molecule has 6 nitrogen and oxygen atoms in total. The molecule has 168 valence electrons. The number of aryl methyl sites for hydroxylation is 2. The lowest BCUT2D eigenvalue weighted by Crippen LogP contribution is -2.41. The second-order valence-corrected chi connectivity index (χ2v) is 8.94. The molecule has 6 heteroatoms. The Labute approximate surface area is 190 Å². The number of hydrogen-bond donors (Lipinski definition) is 0. The molecule has 0 spiro atoms. The number of benzene rings is 1. The zero-order valence-corrected chi connectivity index (χ0v) is 19.2. The van der Waals surface area contributed by atoms with Crippen molar-refractivity contribution in [1.82, 2.24) is 24.6 Å². The third-order valence-electron chi connectivity index (χ3n) is 6.36. The van der Waals surface area contributed by atoms with Crippen LogP contribution in [0.2, 0.25) is 0 Å². The first-order valence-electron chi connectivity index (χ1n) is 11.5. The number of carbonyl (C=O) groups is 1. The summed E-state index contributed by atoms with van der Waals surface area (Å²) in [6.07, 6.45) is 7.72. The van der Waals surface area contributed by atoms with Gasteiger partial charge in [-0.2, -0.15) is 5.10 Å². The van der Waals surface area contributed by atoms with Crippen molar-refractivity contribution in [3.8, 4) is 0 Å². The van der Waals surface area contributed by atoms with Gasteiger partial charge in [-0.15, -0.1) is 0 Å². The molecule has 2 aromatic heterocycles. The Morgan fingerprint density at radius 1 is 1.09 bits per heavy atom. The summed E-state index contributed by atoms with van der Waals surface area (Å²) < 4.78 is 1.73. The van der Waals surface area contributed by atoms with Crippen molar-refractivity contribution in [3.63, 3.8) is 0 Å². The largest absolute Gasteiger partial charge is 0.336 e. The van der Waals surface area contributed by atoms with Crippen molar-refractivity contribution in [2.45, 2.75) is 46.3 Å². The topological polar surface area (TPSA) is 54.3 Å². The smallest absolute Gasteiger partial charge is 0.244 e. The molecule has 1 amide bonds. The van der Waals surface area contributed by atoms with Crippen molar-refractivity contribution in [1.29, 1.82) is 0 Å². The van der Waals surface area contributed by atoms with Gasteiger partial charge in [-0.1, -0.05) is 30.3 Å². The molecule has 4 rings (SSSR count). The molecule has 1 saturated heterocycles. The van der Waals surface area contributed by atoms with Crippen LogP contribution in [0.25, 0.3) is 0 Å².